The summed E-state index contributed by atoms with van der Waals surface area (Å²) in [6.45, 7) is 3.53. The Morgan fingerprint density at radius 1 is 1.57 bits per heavy atom. The molecular formula is C9H16N2O3. The summed E-state index contributed by atoms with van der Waals surface area (Å²) in [5.41, 5.74) is -0.984. The topological polar surface area (TPSA) is 69.6 Å². The molecule has 14 heavy (non-hydrogen) atoms. The first-order chi connectivity index (χ1) is 6.67. The van der Waals surface area contributed by atoms with E-state index in [4.69, 9.17) is 0 Å². The Morgan fingerprint density at radius 2 is 2.14 bits per heavy atom. The second-order valence-corrected chi connectivity index (χ2v) is 3.48. The Balaban J connectivity index is 2.89. The molecule has 1 amide bonds. The van der Waals surface area contributed by atoms with Gasteiger partial charge >= 0.3 is 5.97 Å². The van der Waals surface area contributed by atoms with Gasteiger partial charge < -0.3 is 15.3 Å². The van der Waals surface area contributed by atoms with Gasteiger partial charge in [0, 0.05) is 6.54 Å². The van der Waals surface area contributed by atoms with Crippen molar-refractivity contribution in [2.45, 2.75) is 25.3 Å². The Bertz CT molecular complexity index is 224. The van der Waals surface area contributed by atoms with E-state index in [9.17, 15) is 14.7 Å². The van der Waals surface area contributed by atoms with Crippen LogP contribution in [0.25, 0.3) is 0 Å². The van der Waals surface area contributed by atoms with Crippen LogP contribution in [0.5, 0.6) is 0 Å². The standard InChI is InChI=1S/C9H16N2O3/c1-2-11(7-12)9(8(13)14)3-5-10-6-4-9/h7,10H,2-6H2,1H3,(H,13,14). The van der Waals surface area contributed by atoms with Crippen LogP contribution in [-0.4, -0.2) is 47.6 Å². The molecule has 0 unspecified atom stereocenters. The number of piperidine rings is 1. The van der Waals surface area contributed by atoms with Crippen LogP contribution in [0.15, 0.2) is 0 Å². The molecule has 0 aromatic heterocycles. The number of hydrogen-bond acceptors (Lipinski definition) is 3. The molecule has 0 aromatic rings. The van der Waals surface area contributed by atoms with Crippen molar-refractivity contribution in [2.75, 3.05) is 19.6 Å². The zero-order chi connectivity index (χ0) is 10.6. The number of hydrogen-bond donors (Lipinski definition) is 2. The lowest BCUT2D eigenvalue weighted by Crippen LogP contribution is -2.59. The first-order valence-electron chi connectivity index (χ1n) is 4.83. The van der Waals surface area contributed by atoms with E-state index in [-0.39, 0.29) is 0 Å². The predicted molar refractivity (Wildman–Crippen MR) is 50.9 cm³/mol. The second-order valence-electron chi connectivity index (χ2n) is 3.48. The summed E-state index contributed by atoms with van der Waals surface area (Å²) in [4.78, 5) is 23.4. The van der Waals surface area contributed by atoms with E-state index in [0.29, 0.717) is 38.9 Å². The molecule has 5 heteroatoms. The minimum Gasteiger partial charge on any atom is -0.479 e. The van der Waals surface area contributed by atoms with E-state index in [1.54, 1.807) is 6.92 Å². The summed E-state index contributed by atoms with van der Waals surface area (Å²) in [6, 6.07) is 0. The lowest BCUT2D eigenvalue weighted by Gasteiger charge is -2.40. The van der Waals surface area contributed by atoms with Gasteiger partial charge in [0.1, 0.15) is 5.54 Å². The number of rotatable bonds is 4. The number of carboxylic acids is 1. The van der Waals surface area contributed by atoms with Gasteiger partial charge in [-0.25, -0.2) is 4.79 Å². The molecular weight excluding hydrogens is 184 g/mol. The molecule has 2 N–H and O–H groups in total. The van der Waals surface area contributed by atoms with E-state index >= 15 is 0 Å². The summed E-state index contributed by atoms with van der Waals surface area (Å²) >= 11 is 0. The number of nitrogens with zero attached hydrogens (tertiary/aromatic N) is 1. The molecule has 0 aromatic carbocycles. The lowest BCUT2D eigenvalue weighted by molar-refractivity contribution is -0.157. The maximum atomic E-state index is 11.2. The number of amides is 1. The lowest BCUT2D eigenvalue weighted by atomic mass is 9.87. The van der Waals surface area contributed by atoms with Crippen LogP contribution in [-0.2, 0) is 9.59 Å². The third-order valence-electron chi connectivity index (χ3n) is 2.85. The number of aliphatic carboxylic acids is 1. The van der Waals surface area contributed by atoms with E-state index in [1.807, 2.05) is 0 Å². The number of nitrogens with one attached hydrogen (secondary N) is 1. The SMILES string of the molecule is CCN(C=O)C1(C(=O)O)CCNCC1. The Hall–Kier alpha value is -1.10. The van der Waals surface area contributed by atoms with Crippen molar-refractivity contribution in [1.82, 2.24) is 10.2 Å². The van der Waals surface area contributed by atoms with Crippen molar-refractivity contribution in [3.63, 3.8) is 0 Å². The van der Waals surface area contributed by atoms with Gasteiger partial charge in [-0.05, 0) is 32.9 Å². The molecule has 0 bridgehead atoms. The van der Waals surface area contributed by atoms with Gasteiger partial charge in [0.2, 0.25) is 6.41 Å². The summed E-state index contributed by atoms with van der Waals surface area (Å²) < 4.78 is 0. The zero-order valence-electron chi connectivity index (χ0n) is 8.32. The van der Waals surface area contributed by atoms with Gasteiger partial charge in [-0.3, -0.25) is 4.79 Å². The molecule has 1 heterocycles. The van der Waals surface area contributed by atoms with Gasteiger partial charge in [0.25, 0.3) is 0 Å². The smallest absolute Gasteiger partial charge is 0.329 e. The first-order valence-corrected chi connectivity index (χ1v) is 4.83. The van der Waals surface area contributed by atoms with Crippen LogP contribution in [0, 0.1) is 0 Å². The highest BCUT2D eigenvalue weighted by Gasteiger charge is 2.43. The third kappa shape index (κ3) is 1.72. The Labute approximate surface area is 83.1 Å². The van der Waals surface area contributed by atoms with Crippen molar-refractivity contribution >= 4 is 12.4 Å². The third-order valence-corrected chi connectivity index (χ3v) is 2.85. The van der Waals surface area contributed by atoms with E-state index in [1.165, 1.54) is 4.90 Å². The van der Waals surface area contributed by atoms with E-state index in [2.05, 4.69) is 5.32 Å². The molecule has 0 saturated carbocycles. The normalized spacial score (nSPS) is 20.1. The highest BCUT2D eigenvalue weighted by atomic mass is 16.4. The minimum atomic E-state index is -0.984. The molecule has 0 radical (unpaired) electrons. The molecule has 1 fully saturated rings. The van der Waals surface area contributed by atoms with Crippen molar-refractivity contribution in [3.05, 3.63) is 0 Å². The molecule has 0 atom stereocenters. The average molecular weight is 200 g/mol. The Morgan fingerprint density at radius 3 is 2.50 bits per heavy atom. The maximum absolute atomic E-state index is 11.2. The summed E-state index contributed by atoms with van der Waals surface area (Å²) in [5, 5.41) is 12.3. The number of likely N-dealkylation sites (N-methyl/N-ethyl adjacent to an activating group) is 1. The number of carbonyl (C=O) groups is 2. The zero-order valence-corrected chi connectivity index (χ0v) is 8.32. The molecule has 1 aliphatic rings. The molecule has 1 rings (SSSR count). The van der Waals surface area contributed by atoms with E-state index < -0.39 is 11.5 Å². The molecule has 0 aliphatic carbocycles. The van der Waals surface area contributed by atoms with Crippen molar-refractivity contribution < 1.29 is 14.7 Å². The second kappa shape index (κ2) is 4.41. The highest BCUT2D eigenvalue weighted by molar-refractivity contribution is 5.81. The first kappa shape index (κ1) is 11.0. The quantitative estimate of drug-likeness (QED) is 0.610. The molecule has 1 aliphatic heterocycles. The van der Waals surface area contributed by atoms with Crippen molar-refractivity contribution in [3.8, 4) is 0 Å². The highest BCUT2D eigenvalue weighted by Crippen LogP contribution is 2.25. The van der Waals surface area contributed by atoms with E-state index in [0.717, 1.165) is 0 Å². The fraction of sp³-hybridized carbons (Fsp3) is 0.778. The molecule has 80 valence electrons. The fourth-order valence-electron chi connectivity index (χ4n) is 1.94. The average Bonchev–Trinajstić information content (AvgIpc) is 2.21. The summed E-state index contributed by atoms with van der Waals surface area (Å²) in [6.07, 6.45) is 1.60. The van der Waals surface area contributed by atoms with Crippen LogP contribution in [0.3, 0.4) is 0 Å². The predicted octanol–water partition coefficient (Wildman–Crippen LogP) is -0.328. The van der Waals surface area contributed by atoms with Crippen LogP contribution < -0.4 is 5.32 Å². The fourth-order valence-corrected chi connectivity index (χ4v) is 1.94. The van der Waals surface area contributed by atoms with Crippen molar-refractivity contribution in [2.24, 2.45) is 0 Å². The van der Waals surface area contributed by atoms with Gasteiger partial charge in [-0.15, -0.1) is 0 Å². The molecule has 1 saturated heterocycles. The van der Waals surface area contributed by atoms with Gasteiger partial charge in [-0.1, -0.05) is 0 Å². The van der Waals surface area contributed by atoms with Gasteiger partial charge in [-0.2, -0.15) is 0 Å². The number of carbonyl (C=O) groups excluding carboxylic acids is 1. The van der Waals surface area contributed by atoms with Gasteiger partial charge in [0.05, 0.1) is 0 Å². The van der Waals surface area contributed by atoms with Crippen LogP contribution >= 0.6 is 0 Å². The minimum absolute atomic E-state index is 0.440. The molecule has 5 nitrogen and oxygen atoms in total. The van der Waals surface area contributed by atoms with Crippen LogP contribution in [0.4, 0.5) is 0 Å². The summed E-state index contributed by atoms with van der Waals surface area (Å²) in [7, 11) is 0. The molecule has 0 spiro atoms. The van der Waals surface area contributed by atoms with Crippen LogP contribution in [0.1, 0.15) is 19.8 Å². The monoisotopic (exact) mass is 200 g/mol. The van der Waals surface area contributed by atoms with Crippen LogP contribution in [0.2, 0.25) is 0 Å². The Kier molecular flexibility index (Phi) is 3.46. The van der Waals surface area contributed by atoms with Gasteiger partial charge in [0.15, 0.2) is 0 Å². The summed E-state index contributed by atoms with van der Waals surface area (Å²) in [5.74, 6) is -0.895. The van der Waals surface area contributed by atoms with Crippen molar-refractivity contribution in [1.29, 1.82) is 0 Å². The maximum Gasteiger partial charge on any atom is 0.329 e. The number of carboxylic acid groups (broad SMARTS) is 1. The largest absolute Gasteiger partial charge is 0.479 e.